The third kappa shape index (κ3) is 2.93. The van der Waals surface area contributed by atoms with E-state index in [0.29, 0.717) is 10.3 Å². The highest BCUT2D eigenvalue weighted by atomic mass is 79.9. The molecule has 2 aromatic rings. The summed E-state index contributed by atoms with van der Waals surface area (Å²) in [5.41, 5.74) is 0.787. The first-order valence-corrected chi connectivity index (χ1v) is 6.02. The van der Waals surface area contributed by atoms with Crippen molar-refractivity contribution >= 4 is 27.5 Å². The summed E-state index contributed by atoms with van der Waals surface area (Å²) in [6.45, 7) is 1.79. The smallest absolute Gasteiger partial charge is 0.258 e. The van der Waals surface area contributed by atoms with Crippen molar-refractivity contribution in [2.24, 2.45) is 0 Å². The van der Waals surface area contributed by atoms with Gasteiger partial charge in [0.2, 0.25) is 5.95 Å². The van der Waals surface area contributed by atoms with Crippen LogP contribution in [0.5, 0.6) is 0 Å². The maximum atomic E-state index is 13.4. The zero-order chi connectivity index (χ0) is 14.0. The molecule has 2 rings (SSSR count). The molecule has 0 atom stereocenters. The summed E-state index contributed by atoms with van der Waals surface area (Å²) in [6.07, 6.45) is 2.43. The number of aromatic nitrogens is 2. The van der Waals surface area contributed by atoms with Gasteiger partial charge in [0.1, 0.15) is 4.60 Å². The Labute approximate surface area is 116 Å². The van der Waals surface area contributed by atoms with Crippen LogP contribution in [0.25, 0.3) is 0 Å². The second kappa shape index (κ2) is 5.40. The second-order valence-corrected chi connectivity index (χ2v) is 4.50. The number of hydrogen-bond donors (Lipinski definition) is 1. The van der Waals surface area contributed by atoms with Gasteiger partial charge in [0.15, 0.2) is 5.82 Å². The van der Waals surface area contributed by atoms with E-state index in [1.165, 1.54) is 6.20 Å². The Bertz CT molecular complexity index is 649. The first-order chi connectivity index (χ1) is 8.99. The van der Waals surface area contributed by atoms with Gasteiger partial charge in [-0.15, -0.1) is 0 Å². The molecule has 2 heterocycles. The topological polar surface area (TPSA) is 54.9 Å². The molecule has 1 N–H and O–H groups in total. The lowest BCUT2D eigenvalue weighted by atomic mass is 10.2. The molecule has 2 aromatic heterocycles. The summed E-state index contributed by atoms with van der Waals surface area (Å²) in [5, 5.41) is 2.44. The molecule has 0 spiro atoms. The third-order valence-electron chi connectivity index (χ3n) is 2.36. The number of anilines is 1. The van der Waals surface area contributed by atoms with Gasteiger partial charge in [-0.1, -0.05) is 0 Å². The average molecular weight is 328 g/mol. The molecule has 98 valence electrons. The summed E-state index contributed by atoms with van der Waals surface area (Å²) in [7, 11) is 0. The van der Waals surface area contributed by atoms with Crippen molar-refractivity contribution in [3.63, 3.8) is 0 Å². The Balaban J connectivity index is 2.26. The van der Waals surface area contributed by atoms with Crippen LogP contribution in [0, 0.1) is 18.7 Å². The molecule has 0 fully saturated rings. The normalized spacial score (nSPS) is 10.3. The monoisotopic (exact) mass is 327 g/mol. The van der Waals surface area contributed by atoms with E-state index in [0.717, 1.165) is 17.8 Å². The Morgan fingerprint density at radius 2 is 2.11 bits per heavy atom. The predicted octanol–water partition coefficient (Wildman–Crippen LogP) is 3.08. The molecule has 19 heavy (non-hydrogen) atoms. The summed E-state index contributed by atoms with van der Waals surface area (Å²) in [5.74, 6) is -3.35. The van der Waals surface area contributed by atoms with Crippen LogP contribution in [0.1, 0.15) is 15.9 Å². The highest BCUT2D eigenvalue weighted by Crippen LogP contribution is 2.18. The van der Waals surface area contributed by atoms with Gasteiger partial charge >= 0.3 is 0 Å². The largest absolute Gasteiger partial charge is 0.320 e. The number of nitrogens with zero attached hydrogens (tertiary/aromatic N) is 2. The lowest BCUT2D eigenvalue weighted by Gasteiger charge is -2.07. The van der Waals surface area contributed by atoms with E-state index in [-0.39, 0.29) is 0 Å². The molecule has 0 aliphatic heterocycles. The fraction of sp³-hybridized carbons (Fsp3) is 0.0833. The minimum atomic E-state index is -1.31. The minimum absolute atomic E-state index is 0.391. The van der Waals surface area contributed by atoms with Crippen LogP contribution < -0.4 is 5.32 Å². The molecule has 0 aromatic carbocycles. The first kappa shape index (κ1) is 13.5. The fourth-order valence-electron chi connectivity index (χ4n) is 1.42. The maximum absolute atomic E-state index is 13.4. The van der Waals surface area contributed by atoms with Crippen molar-refractivity contribution in [2.75, 3.05) is 5.32 Å². The summed E-state index contributed by atoms with van der Waals surface area (Å²) in [6, 6.07) is 2.76. The van der Waals surface area contributed by atoms with E-state index in [1.54, 1.807) is 13.0 Å². The van der Waals surface area contributed by atoms with Crippen LogP contribution in [0.2, 0.25) is 0 Å². The number of halogens is 3. The third-order valence-corrected chi connectivity index (χ3v) is 3.19. The van der Waals surface area contributed by atoms with E-state index < -0.39 is 23.2 Å². The SMILES string of the molecule is Cc1cc(NC(=O)c2ccnc(F)c2F)cnc1Br. The number of carbonyl (C=O) groups is 1. The van der Waals surface area contributed by atoms with E-state index in [4.69, 9.17) is 0 Å². The van der Waals surface area contributed by atoms with Crippen LogP contribution >= 0.6 is 15.9 Å². The van der Waals surface area contributed by atoms with Crippen LogP contribution in [0.3, 0.4) is 0 Å². The van der Waals surface area contributed by atoms with E-state index >= 15 is 0 Å². The summed E-state index contributed by atoms with van der Waals surface area (Å²) < 4.78 is 26.9. The van der Waals surface area contributed by atoms with Gasteiger partial charge in [-0.05, 0) is 40.5 Å². The highest BCUT2D eigenvalue weighted by molar-refractivity contribution is 9.10. The molecule has 0 radical (unpaired) electrons. The van der Waals surface area contributed by atoms with Crippen molar-refractivity contribution in [1.29, 1.82) is 0 Å². The number of rotatable bonds is 2. The van der Waals surface area contributed by atoms with Crippen molar-refractivity contribution in [3.8, 4) is 0 Å². The van der Waals surface area contributed by atoms with Gasteiger partial charge < -0.3 is 5.32 Å². The lowest BCUT2D eigenvalue weighted by Crippen LogP contribution is -2.15. The first-order valence-electron chi connectivity index (χ1n) is 5.22. The van der Waals surface area contributed by atoms with Gasteiger partial charge in [-0.2, -0.15) is 4.39 Å². The predicted molar refractivity (Wildman–Crippen MR) is 68.8 cm³/mol. The quantitative estimate of drug-likeness (QED) is 0.862. The van der Waals surface area contributed by atoms with Crippen molar-refractivity contribution < 1.29 is 13.6 Å². The number of amides is 1. The van der Waals surface area contributed by atoms with Crippen LogP contribution in [0.15, 0.2) is 29.1 Å². The molecular weight excluding hydrogens is 320 g/mol. The van der Waals surface area contributed by atoms with Gasteiger partial charge in [0.05, 0.1) is 17.4 Å². The average Bonchev–Trinajstić information content (AvgIpc) is 2.37. The van der Waals surface area contributed by atoms with E-state index in [9.17, 15) is 13.6 Å². The van der Waals surface area contributed by atoms with Crippen molar-refractivity contribution in [2.45, 2.75) is 6.92 Å². The molecule has 0 bridgehead atoms. The molecule has 0 saturated carbocycles. The van der Waals surface area contributed by atoms with Crippen LogP contribution in [-0.4, -0.2) is 15.9 Å². The zero-order valence-corrected chi connectivity index (χ0v) is 11.3. The molecule has 0 aliphatic carbocycles. The van der Waals surface area contributed by atoms with Crippen molar-refractivity contribution in [1.82, 2.24) is 9.97 Å². The zero-order valence-electron chi connectivity index (χ0n) is 9.75. The maximum Gasteiger partial charge on any atom is 0.258 e. The Morgan fingerprint density at radius 3 is 2.79 bits per heavy atom. The molecule has 0 aliphatic rings. The molecule has 0 saturated heterocycles. The molecule has 7 heteroatoms. The number of aryl methyl sites for hydroxylation is 1. The van der Waals surface area contributed by atoms with Gasteiger partial charge in [-0.3, -0.25) is 4.79 Å². The van der Waals surface area contributed by atoms with Gasteiger partial charge in [0, 0.05) is 6.20 Å². The Kier molecular flexibility index (Phi) is 3.84. The fourth-order valence-corrected chi connectivity index (χ4v) is 1.64. The Morgan fingerprint density at radius 1 is 1.37 bits per heavy atom. The number of pyridine rings is 2. The number of nitrogens with one attached hydrogen (secondary N) is 1. The lowest BCUT2D eigenvalue weighted by molar-refractivity contribution is 0.102. The molecular formula is C12H8BrF2N3O. The van der Waals surface area contributed by atoms with Crippen LogP contribution in [-0.2, 0) is 0 Å². The van der Waals surface area contributed by atoms with E-state index in [1.807, 2.05) is 0 Å². The van der Waals surface area contributed by atoms with Gasteiger partial charge in [-0.25, -0.2) is 14.4 Å². The molecule has 4 nitrogen and oxygen atoms in total. The standard InChI is InChI=1S/C12H8BrF2N3O/c1-6-4-7(5-17-10(6)13)18-12(19)8-2-3-16-11(15)9(8)14/h2-5H,1H3,(H,18,19). The number of carbonyl (C=O) groups excluding carboxylic acids is 1. The summed E-state index contributed by atoms with van der Waals surface area (Å²) in [4.78, 5) is 18.9. The van der Waals surface area contributed by atoms with Crippen LogP contribution in [0.4, 0.5) is 14.5 Å². The summed E-state index contributed by atoms with van der Waals surface area (Å²) >= 11 is 3.22. The Hall–Kier alpha value is -1.89. The molecule has 0 unspecified atom stereocenters. The second-order valence-electron chi connectivity index (χ2n) is 3.75. The van der Waals surface area contributed by atoms with Crippen molar-refractivity contribution in [3.05, 3.63) is 52.0 Å². The molecule has 1 amide bonds. The highest BCUT2D eigenvalue weighted by Gasteiger charge is 2.16. The number of hydrogen-bond acceptors (Lipinski definition) is 3. The van der Waals surface area contributed by atoms with E-state index in [2.05, 4.69) is 31.2 Å². The van der Waals surface area contributed by atoms with Gasteiger partial charge in [0.25, 0.3) is 5.91 Å². The minimum Gasteiger partial charge on any atom is -0.320 e.